The molecule has 0 aliphatic carbocycles. The Morgan fingerprint density at radius 3 is 2.43 bits per heavy atom. The van der Waals surface area contributed by atoms with E-state index >= 15 is 0 Å². The fourth-order valence-electron chi connectivity index (χ4n) is 1.43. The van der Waals surface area contributed by atoms with Crippen LogP contribution in [0.15, 0.2) is 4.42 Å². The van der Waals surface area contributed by atoms with Crippen molar-refractivity contribution in [3.63, 3.8) is 0 Å². The fraction of sp³-hybridized carbons (Fsp3) is 0.778. The maximum absolute atomic E-state index is 5.58. The summed E-state index contributed by atoms with van der Waals surface area (Å²) >= 11 is 5.58. The largest absolute Gasteiger partial charge is 0.407 e. The van der Waals surface area contributed by atoms with Gasteiger partial charge in [-0.25, -0.2) is 0 Å². The van der Waals surface area contributed by atoms with Crippen LogP contribution in [0.3, 0.4) is 0 Å². The fourth-order valence-corrected chi connectivity index (χ4v) is 1.54. The molecule has 0 unspecified atom stereocenters. The third-order valence-corrected chi connectivity index (χ3v) is 2.59. The molecule has 0 spiro atoms. The maximum atomic E-state index is 5.58. The van der Waals surface area contributed by atoms with Gasteiger partial charge in [-0.1, -0.05) is 18.9 Å². The Balaban J connectivity index is 2.72. The van der Waals surface area contributed by atoms with Crippen molar-refractivity contribution in [3.8, 4) is 0 Å². The number of alkyl halides is 1. The molecule has 0 radical (unpaired) electrons. The summed E-state index contributed by atoms with van der Waals surface area (Å²) in [5, 5.41) is 7.75. The molecule has 0 aliphatic rings. The van der Waals surface area contributed by atoms with Crippen molar-refractivity contribution in [1.29, 1.82) is 0 Å². The van der Waals surface area contributed by atoms with Gasteiger partial charge in [0.25, 0.3) is 0 Å². The standard InChI is InChI=1S/C9H16ClN3O/c1-4-7(5-2)13(3)9-12-11-8(6-10)14-9/h7H,4-6H2,1-3H3. The second-order valence-corrected chi connectivity index (χ2v) is 3.46. The summed E-state index contributed by atoms with van der Waals surface area (Å²) in [5.41, 5.74) is 0. The predicted molar refractivity (Wildman–Crippen MR) is 56.6 cm³/mol. The lowest BCUT2D eigenvalue weighted by Crippen LogP contribution is -2.30. The average Bonchev–Trinajstić information content (AvgIpc) is 2.67. The lowest BCUT2D eigenvalue weighted by Gasteiger charge is -2.23. The highest BCUT2D eigenvalue weighted by Gasteiger charge is 2.16. The molecule has 1 rings (SSSR count). The molecule has 1 heterocycles. The van der Waals surface area contributed by atoms with Gasteiger partial charge in [-0.3, -0.25) is 0 Å². The third-order valence-electron chi connectivity index (χ3n) is 2.36. The van der Waals surface area contributed by atoms with Gasteiger partial charge in [0.2, 0.25) is 5.89 Å². The van der Waals surface area contributed by atoms with E-state index < -0.39 is 0 Å². The Kier molecular flexibility index (Phi) is 4.20. The van der Waals surface area contributed by atoms with E-state index in [-0.39, 0.29) is 5.88 Å². The highest BCUT2D eigenvalue weighted by Crippen LogP contribution is 2.17. The van der Waals surface area contributed by atoms with Gasteiger partial charge in [-0.15, -0.1) is 16.7 Å². The van der Waals surface area contributed by atoms with Gasteiger partial charge >= 0.3 is 6.01 Å². The number of anilines is 1. The van der Waals surface area contributed by atoms with Gasteiger partial charge in [0.1, 0.15) is 5.88 Å². The van der Waals surface area contributed by atoms with Crippen LogP contribution >= 0.6 is 11.6 Å². The summed E-state index contributed by atoms with van der Waals surface area (Å²) in [5.74, 6) is 0.739. The van der Waals surface area contributed by atoms with Crippen LogP contribution in [0.1, 0.15) is 32.6 Å². The van der Waals surface area contributed by atoms with Crippen molar-refractivity contribution >= 4 is 17.6 Å². The number of hydrogen-bond acceptors (Lipinski definition) is 4. The van der Waals surface area contributed by atoms with Gasteiger partial charge in [0.05, 0.1) is 0 Å². The first-order valence-corrected chi connectivity index (χ1v) is 5.37. The minimum Gasteiger partial charge on any atom is -0.407 e. The molecule has 0 aromatic carbocycles. The normalized spacial score (nSPS) is 10.9. The first kappa shape index (κ1) is 11.3. The topological polar surface area (TPSA) is 42.2 Å². The second-order valence-electron chi connectivity index (χ2n) is 3.19. The lowest BCUT2D eigenvalue weighted by atomic mass is 10.1. The molecular weight excluding hydrogens is 202 g/mol. The zero-order valence-electron chi connectivity index (χ0n) is 8.83. The van der Waals surface area contributed by atoms with Gasteiger partial charge < -0.3 is 9.32 Å². The summed E-state index contributed by atoms with van der Waals surface area (Å²) in [6.45, 7) is 4.28. The predicted octanol–water partition coefficient (Wildman–Crippen LogP) is 2.43. The molecule has 0 fully saturated rings. The molecule has 4 nitrogen and oxygen atoms in total. The molecule has 0 saturated carbocycles. The highest BCUT2D eigenvalue weighted by molar-refractivity contribution is 6.16. The van der Waals surface area contributed by atoms with E-state index in [1.807, 2.05) is 11.9 Å². The van der Waals surface area contributed by atoms with Crippen LogP contribution in [0.25, 0.3) is 0 Å². The van der Waals surface area contributed by atoms with Crippen LogP contribution < -0.4 is 4.90 Å². The first-order valence-electron chi connectivity index (χ1n) is 4.84. The number of rotatable bonds is 5. The average molecular weight is 218 g/mol. The summed E-state index contributed by atoms with van der Waals surface area (Å²) in [4.78, 5) is 2.00. The molecule has 0 atom stereocenters. The van der Waals surface area contributed by atoms with Crippen molar-refractivity contribution in [2.75, 3.05) is 11.9 Å². The zero-order valence-corrected chi connectivity index (χ0v) is 9.58. The van der Waals surface area contributed by atoms with Crippen molar-refractivity contribution in [1.82, 2.24) is 10.2 Å². The van der Waals surface area contributed by atoms with E-state index in [4.69, 9.17) is 16.0 Å². The van der Waals surface area contributed by atoms with E-state index in [1.165, 1.54) is 0 Å². The van der Waals surface area contributed by atoms with E-state index in [0.717, 1.165) is 12.8 Å². The minimum absolute atomic E-state index is 0.268. The molecule has 0 amide bonds. The van der Waals surface area contributed by atoms with Crippen LogP contribution in [0.5, 0.6) is 0 Å². The van der Waals surface area contributed by atoms with Crippen LogP contribution in [-0.2, 0) is 5.88 Å². The van der Waals surface area contributed by atoms with Gasteiger partial charge in [-0.05, 0) is 12.8 Å². The Hall–Kier alpha value is -0.770. The Morgan fingerprint density at radius 1 is 1.36 bits per heavy atom. The van der Waals surface area contributed by atoms with E-state index in [0.29, 0.717) is 17.9 Å². The van der Waals surface area contributed by atoms with E-state index in [2.05, 4.69) is 24.0 Å². The summed E-state index contributed by atoms with van der Waals surface area (Å²) in [7, 11) is 1.96. The van der Waals surface area contributed by atoms with Crippen molar-refractivity contribution in [2.24, 2.45) is 0 Å². The Labute approximate surface area is 89.3 Å². The molecule has 14 heavy (non-hydrogen) atoms. The Bertz CT molecular complexity index is 273. The zero-order chi connectivity index (χ0) is 10.6. The molecule has 80 valence electrons. The SMILES string of the molecule is CCC(CC)N(C)c1nnc(CCl)o1. The number of hydrogen-bond donors (Lipinski definition) is 0. The minimum atomic E-state index is 0.268. The maximum Gasteiger partial charge on any atom is 0.318 e. The van der Waals surface area contributed by atoms with Crippen molar-refractivity contribution in [3.05, 3.63) is 5.89 Å². The first-order chi connectivity index (χ1) is 6.72. The van der Waals surface area contributed by atoms with Crippen LogP contribution in [0.4, 0.5) is 6.01 Å². The molecule has 1 aromatic heterocycles. The van der Waals surface area contributed by atoms with Crippen LogP contribution in [-0.4, -0.2) is 23.3 Å². The quantitative estimate of drug-likeness (QED) is 0.711. The highest BCUT2D eigenvalue weighted by atomic mass is 35.5. The van der Waals surface area contributed by atoms with Gasteiger partial charge in [0, 0.05) is 13.1 Å². The van der Waals surface area contributed by atoms with Crippen molar-refractivity contribution < 1.29 is 4.42 Å². The molecule has 1 aromatic rings. The monoisotopic (exact) mass is 217 g/mol. The number of aromatic nitrogens is 2. The molecule has 0 aliphatic heterocycles. The molecule has 0 bridgehead atoms. The number of nitrogens with zero attached hydrogens (tertiary/aromatic N) is 3. The van der Waals surface area contributed by atoms with Gasteiger partial charge in [-0.2, -0.15) is 0 Å². The van der Waals surface area contributed by atoms with Gasteiger partial charge in [0.15, 0.2) is 0 Å². The third kappa shape index (κ3) is 2.38. The molecule has 5 heteroatoms. The molecule has 0 N–H and O–H groups in total. The van der Waals surface area contributed by atoms with E-state index in [9.17, 15) is 0 Å². The lowest BCUT2D eigenvalue weighted by molar-refractivity contribution is 0.474. The Morgan fingerprint density at radius 2 is 2.00 bits per heavy atom. The van der Waals surface area contributed by atoms with E-state index in [1.54, 1.807) is 0 Å². The molecular formula is C9H16ClN3O. The second kappa shape index (κ2) is 5.20. The summed E-state index contributed by atoms with van der Waals surface area (Å²) < 4.78 is 5.35. The smallest absolute Gasteiger partial charge is 0.318 e. The molecule has 0 saturated heterocycles. The van der Waals surface area contributed by atoms with Crippen LogP contribution in [0, 0.1) is 0 Å². The number of halogens is 1. The van der Waals surface area contributed by atoms with Crippen LogP contribution in [0.2, 0.25) is 0 Å². The summed E-state index contributed by atoms with van der Waals surface area (Å²) in [6.07, 6.45) is 2.12. The van der Waals surface area contributed by atoms with Crippen molar-refractivity contribution in [2.45, 2.75) is 38.6 Å². The summed E-state index contributed by atoms with van der Waals surface area (Å²) in [6, 6.07) is 0.993.